The quantitative estimate of drug-likeness (QED) is 0.505. The Morgan fingerprint density at radius 1 is 0.971 bits per heavy atom. The Kier molecular flexibility index (Phi) is 8.33. The molecule has 4 rings (SSSR count). The summed E-state index contributed by atoms with van der Waals surface area (Å²) in [7, 11) is 0. The van der Waals surface area contributed by atoms with Gasteiger partial charge in [0.25, 0.3) is 5.91 Å². The van der Waals surface area contributed by atoms with E-state index in [9.17, 15) is 9.59 Å². The number of pyridine rings is 1. The van der Waals surface area contributed by atoms with Gasteiger partial charge in [-0.25, -0.2) is 0 Å². The summed E-state index contributed by atoms with van der Waals surface area (Å²) in [4.78, 5) is 31.1. The van der Waals surface area contributed by atoms with Gasteiger partial charge in [-0.2, -0.15) is 0 Å². The highest BCUT2D eigenvalue weighted by Crippen LogP contribution is 2.22. The van der Waals surface area contributed by atoms with Crippen LogP contribution in [0.25, 0.3) is 0 Å². The maximum atomic E-state index is 12.8. The molecule has 1 atom stereocenters. The van der Waals surface area contributed by atoms with Crippen LogP contribution in [0.15, 0.2) is 79.1 Å². The number of hydrogen-bond acceptors (Lipinski definition) is 5. The SMILES string of the molecule is CC(NC(=O)C1CCN(C(=O)COc2ccccc2)CC1)c1ccc(OCc2cccnc2)cc1. The zero-order valence-corrected chi connectivity index (χ0v) is 19.9. The first-order valence-electron chi connectivity index (χ1n) is 12.0. The first-order valence-corrected chi connectivity index (χ1v) is 12.0. The number of aromatic nitrogens is 1. The van der Waals surface area contributed by atoms with E-state index in [1.165, 1.54) is 0 Å². The van der Waals surface area contributed by atoms with Gasteiger partial charge >= 0.3 is 0 Å². The summed E-state index contributed by atoms with van der Waals surface area (Å²) in [6, 6.07) is 20.8. The van der Waals surface area contributed by atoms with E-state index in [-0.39, 0.29) is 30.4 Å². The number of benzene rings is 2. The zero-order valence-electron chi connectivity index (χ0n) is 19.9. The molecule has 1 aromatic heterocycles. The molecular weight excluding hydrogens is 442 g/mol. The van der Waals surface area contributed by atoms with Crippen LogP contribution in [-0.2, 0) is 16.2 Å². The van der Waals surface area contributed by atoms with Gasteiger partial charge in [0.15, 0.2) is 6.61 Å². The first kappa shape index (κ1) is 24.3. The summed E-state index contributed by atoms with van der Waals surface area (Å²) >= 11 is 0. The summed E-state index contributed by atoms with van der Waals surface area (Å²) in [6.07, 6.45) is 4.82. The molecule has 3 aromatic rings. The van der Waals surface area contributed by atoms with Crippen molar-refractivity contribution in [3.63, 3.8) is 0 Å². The lowest BCUT2D eigenvalue weighted by Gasteiger charge is -2.32. The third-order valence-electron chi connectivity index (χ3n) is 6.19. The Labute approximate surface area is 206 Å². The number of amides is 2. The predicted octanol–water partition coefficient (Wildman–Crippen LogP) is 4.16. The fraction of sp³-hybridized carbons (Fsp3) is 0.321. The van der Waals surface area contributed by atoms with Crippen molar-refractivity contribution in [3.05, 3.63) is 90.3 Å². The summed E-state index contributed by atoms with van der Waals surface area (Å²) in [6.45, 7) is 3.57. The van der Waals surface area contributed by atoms with Gasteiger partial charge < -0.3 is 19.7 Å². The largest absolute Gasteiger partial charge is 0.489 e. The van der Waals surface area contributed by atoms with Crippen molar-refractivity contribution < 1.29 is 19.1 Å². The number of ether oxygens (including phenoxy) is 2. The lowest BCUT2D eigenvalue weighted by atomic mass is 9.95. The lowest BCUT2D eigenvalue weighted by Crippen LogP contribution is -2.44. The maximum absolute atomic E-state index is 12.8. The molecule has 1 saturated heterocycles. The van der Waals surface area contributed by atoms with E-state index in [1.54, 1.807) is 17.3 Å². The molecule has 1 aliphatic rings. The molecule has 2 heterocycles. The second kappa shape index (κ2) is 12.0. The molecule has 0 radical (unpaired) electrons. The number of rotatable bonds is 9. The molecule has 0 saturated carbocycles. The highest BCUT2D eigenvalue weighted by Gasteiger charge is 2.28. The van der Waals surface area contributed by atoms with Crippen LogP contribution in [0, 0.1) is 5.92 Å². The van der Waals surface area contributed by atoms with E-state index < -0.39 is 0 Å². The highest BCUT2D eigenvalue weighted by molar-refractivity contribution is 5.81. The van der Waals surface area contributed by atoms with Gasteiger partial charge in [0.1, 0.15) is 18.1 Å². The van der Waals surface area contributed by atoms with Crippen LogP contribution in [0.3, 0.4) is 0 Å². The van der Waals surface area contributed by atoms with Crippen molar-refractivity contribution in [2.45, 2.75) is 32.4 Å². The van der Waals surface area contributed by atoms with Gasteiger partial charge in [0, 0.05) is 37.0 Å². The Balaban J connectivity index is 1.19. The molecule has 182 valence electrons. The molecule has 1 N–H and O–H groups in total. The van der Waals surface area contributed by atoms with Crippen LogP contribution in [0.4, 0.5) is 0 Å². The average molecular weight is 474 g/mol. The topological polar surface area (TPSA) is 80.8 Å². The minimum atomic E-state index is -0.117. The van der Waals surface area contributed by atoms with E-state index >= 15 is 0 Å². The fourth-order valence-corrected chi connectivity index (χ4v) is 4.06. The number of para-hydroxylation sites is 1. The van der Waals surface area contributed by atoms with Gasteiger partial charge in [-0.1, -0.05) is 36.4 Å². The Hall–Kier alpha value is -3.87. The third kappa shape index (κ3) is 7.06. The van der Waals surface area contributed by atoms with Gasteiger partial charge in [-0.15, -0.1) is 0 Å². The minimum absolute atomic E-state index is 0.0137. The van der Waals surface area contributed by atoms with Crippen molar-refractivity contribution >= 4 is 11.8 Å². The van der Waals surface area contributed by atoms with E-state index in [0.717, 1.165) is 16.9 Å². The monoisotopic (exact) mass is 473 g/mol. The molecule has 0 aliphatic carbocycles. The van der Waals surface area contributed by atoms with Gasteiger partial charge in [0.2, 0.25) is 5.91 Å². The Morgan fingerprint density at radius 2 is 1.69 bits per heavy atom. The van der Waals surface area contributed by atoms with E-state index in [0.29, 0.717) is 38.3 Å². The number of nitrogens with one attached hydrogen (secondary N) is 1. The molecule has 35 heavy (non-hydrogen) atoms. The first-order chi connectivity index (χ1) is 17.1. The molecule has 7 nitrogen and oxygen atoms in total. The van der Waals surface area contributed by atoms with Crippen molar-refractivity contribution in [3.8, 4) is 11.5 Å². The zero-order chi connectivity index (χ0) is 24.5. The number of hydrogen-bond donors (Lipinski definition) is 1. The maximum Gasteiger partial charge on any atom is 0.260 e. The molecule has 7 heteroatoms. The van der Waals surface area contributed by atoms with Crippen molar-refractivity contribution in [2.75, 3.05) is 19.7 Å². The van der Waals surface area contributed by atoms with E-state index in [4.69, 9.17) is 9.47 Å². The molecule has 1 aliphatic heterocycles. The second-order valence-electron chi connectivity index (χ2n) is 8.71. The molecule has 1 unspecified atom stereocenters. The number of carbonyl (C=O) groups excluding carboxylic acids is 2. The Morgan fingerprint density at radius 3 is 2.37 bits per heavy atom. The number of carbonyl (C=O) groups is 2. The molecular formula is C28H31N3O4. The number of likely N-dealkylation sites (tertiary alicyclic amines) is 1. The van der Waals surface area contributed by atoms with Crippen LogP contribution in [-0.4, -0.2) is 41.4 Å². The molecule has 1 fully saturated rings. The number of nitrogens with zero attached hydrogens (tertiary/aromatic N) is 2. The van der Waals surface area contributed by atoms with Gasteiger partial charge in [-0.05, 0) is 55.7 Å². The molecule has 0 spiro atoms. The standard InChI is InChI=1S/C28H31N3O4/c1-21(23-9-11-26(12-10-23)34-19-22-6-5-15-29-18-22)30-28(33)24-13-16-31(17-14-24)27(32)20-35-25-7-3-2-4-8-25/h2-12,15,18,21,24H,13-14,16-17,19-20H2,1H3,(H,30,33). The van der Waals surface area contributed by atoms with Crippen molar-refractivity contribution in [2.24, 2.45) is 5.92 Å². The third-order valence-corrected chi connectivity index (χ3v) is 6.19. The fourth-order valence-electron chi connectivity index (χ4n) is 4.06. The van der Waals surface area contributed by atoms with Crippen LogP contribution in [0.5, 0.6) is 11.5 Å². The van der Waals surface area contributed by atoms with E-state index in [1.807, 2.05) is 73.7 Å². The Bertz CT molecular complexity index is 1080. The summed E-state index contributed by atoms with van der Waals surface area (Å²) < 4.78 is 11.4. The number of piperidine rings is 1. The van der Waals surface area contributed by atoms with Crippen LogP contribution < -0.4 is 14.8 Å². The summed E-state index contributed by atoms with van der Waals surface area (Å²) in [5.74, 6) is 1.33. The minimum Gasteiger partial charge on any atom is -0.489 e. The second-order valence-corrected chi connectivity index (χ2v) is 8.71. The van der Waals surface area contributed by atoms with Gasteiger partial charge in [-0.3, -0.25) is 14.6 Å². The summed E-state index contributed by atoms with van der Waals surface area (Å²) in [5, 5.41) is 3.12. The van der Waals surface area contributed by atoms with Crippen molar-refractivity contribution in [1.82, 2.24) is 15.2 Å². The molecule has 0 bridgehead atoms. The molecule has 2 aromatic carbocycles. The van der Waals surface area contributed by atoms with E-state index in [2.05, 4.69) is 10.3 Å². The highest BCUT2D eigenvalue weighted by atomic mass is 16.5. The smallest absolute Gasteiger partial charge is 0.260 e. The predicted molar refractivity (Wildman–Crippen MR) is 133 cm³/mol. The van der Waals surface area contributed by atoms with Crippen LogP contribution >= 0.6 is 0 Å². The normalized spacial score (nSPS) is 14.7. The summed E-state index contributed by atoms with van der Waals surface area (Å²) in [5.41, 5.74) is 2.02. The van der Waals surface area contributed by atoms with Crippen molar-refractivity contribution in [1.29, 1.82) is 0 Å². The van der Waals surface area contributed by atoms with Crippen LogP contribution in [0.1, 0.15) is 36.9 Å². The van der Waals surface area contributed by atoms with Gasteiger partial charge in [0.05, 0.1) is 6.04 Å². The lowest BCUT2D eigenvalue weighted by molar-refractivity contribution is -0.137. The van der Waals surface area contributed by atoms with Crippen LogP contribution in [0.2, 0.25) is 0 Å². The average Bonchev–Trinajstić information content (AvgIpc) is 2.92. The molecule has 2 amide bonds.